The molecule has 0 atom stereocenters. The number of rotatable bonds is 0. The van der Waals surface area contributed by atoms with Gasteiger partial charge < -0.3 is 0 Å². The van der Waals surface area contributed by atoms with E-state index in [9.17, 15) is 8.78 Å². The van der Waals surface area contributed by atoms with Crippen LogP contribution in [0.1, 0.15) is 12.5 Å². The molecule has 0 radical (unpaired) electrons. The smallest absolute Gasteiger partial charge is 0.165 e. The third kappa shape index (κ3) is 1.37. The van der Waals surface area contributed by atoms with Crippen molar-refractivity contribution in [1.82, 2.24) is 0 Å². The maximum Gasteiger partial charge on any atom is 0.165 e. The Balaban J connectivity index is 2.69. The van der Waals surface area contributed by atoms with Crippen LogP contribution in [-0.2, 0) is 6.42 Å². The van der Waals surface area contributed by atoms with Gasteiger partial charge in [0.05, 0.1) is 3.57 Å². The fourth-order valence-corrected chi connectivity index (χ4v) is 1.81. The standard InChI is InChI=1S/C9H6F2IN/c1-4-2-5-3-6(10)8(12)7(11)9(5)13-4/h3H,2H2,1H3. The van der Waals surface area contributed by atoms with E-state index in [0.717, 1.165) is 5.71 Å². The van der Waals surface area contributed by atoms with E-state index in [-0.39, 0.29) is 3.57 Å². The molecule has 68 valence electrons. The summed E-state index contributed by atoms with van der Waals surface area (Å²) in [6, 6.07) is 1.36. The van der Waals surface area contributed by atoms with Crippen molar-refractivity contribution in [3.63, 3.8) is 0 Å². The first-order valence-corrected chi connectivity index (χ1v) is 4.88. The Hall–Kier alpha value is -0.520. The van der Waals surface area contributed by atoms with Crippen LogP contribution in [0.5, 0.6) is 0 Å². The van der Waals surface area contributed by atoms with Gasteiger partial charge in [0.2, 0.25) is 0 Å². The van der Waals surface area contributed by atoms with E-state index in [1.54, 1.807) is 22.6 Å². The fraction of sp³-hybridized carbons (Fsp3) is 0.222. The summed E-state index contributed by atoms with van der Waals surface area (Å²) in [5, 5.41) is 0. The molecule has 0 unspecified atom stereocenters. The molecule has 0 fully saturated rings. The van der Waals surface area contributed by atoms with E-state index in [0.29, 0.717) is 17.7 Å². The Kier molecular flexibility index (Phi) is 2.09. The number of aliphatic imine (C=N–C) groups is 1. The highest BCUT2D eigenvalue weighted by Gasteiger charge is 2.20. The maximum atomic E-state index is 13.4. The van der Waals surface area contributed by atoms with Gasteiger partial charge in [-0.3, -0.25) is 4.99 Å². The maximum absolute atomic E-state index is 13.4. The van der Waals surface area contributed by atoms with Gasteiger partial charge in [-0.1, -0.05) is 0 Å². The van der Waals surface area contributed by atoms with Crippen LogP contribution in [0.15, 0.2) is 11.1 Å². The molecule has 0 aliphatic carbocycles. The Bertz CT molecular complexity index is 413. The number of hydrogen-bond donors (Lipinski definition) is 0. The molecule has 0 saturated carbocycles. The van der Waals surface area contributed by atoms with E-state index in [1.807, 2.05) is 6.92 Å². The molecule has 1 aromatic carbocycles. The summed E-state index contributed by atoms with van der Waals surface area (Å²) >= 11 is 1.65. The highest BCUT2D eigenvalue weighted by Crippen LogP contribution is 2.33. The lowest BCUT2D eigenvalue weighted by molar-refractivity contribution is 0.571. The summed E-state index contributed by atoms with van der Waals surface area (Å²) in [7, 11) is 0. The second kappa shape index (κ2) is 3.01. The van der Waals surface area contributed by atoms with Crippen molar-refractivity contribution in [1.29, 1.82) is 0 Å². The molecule has 0 bridgehead atoms. The van der Waals surface area contributed by atoms with Crippen LogP contribution in [0.3, 0.4) is 0 Å². The molecule has 1 nitrogen and oxygen atoms in total. The van der Waals surface area contributed by atoms with Crippen LogP contribution in [0.25, 0.3) is 0 Å². The summed E-state index contributed by atoms with van der Waals surface area (Å²) < 4.78 is 26.5. The molecule has 1 aromatic rings. The van der Waals surface area contributed by atoms with Gasteiger partial charge in [0.25, 0.3) is 0 Å². The fourth-order valence-electron chi connectivity index (χ4n) is 1.40. The average molecular weight is 293 g/mol. The first-order valence-electron chi connectivity index (χ1n) is 3.80. The molecule has 0 aromatic heterocycles. The number of hydrogen-bond acceptors (Lipinski definition) is 1. The molecule has 1 aliphatic rings. The summed E-state index contributed by atoms with van der Waals surface area (Å²) in [4.78, 5) is 4.02. The minimum atomic E-state index is -0.535. The Morgan fingerprint density at radius 2 is 2.15 bits per heavy atom. The molecule has 13 heavy (non-hydrogen) atoms. The van der Waals surface area contributed by atoms with Crippen molar-refractivity contribution in [3.8, 4) is 0 Å². The normalized spacial score (nSPS) is 14.3. The monoisotopic (exact) mass is 293 g/mol. The largest absolute Gasteiger partial charge is 0.254 e. The SMILES string of the molecule is CC1=Nc2c(cc(F)c(I)c2F)C1. The lowest BCUT2D eigenvalue weighted by Gasteiger charge is -2.01. The van der Waals surface area contributed by atoms with Crippen molar-refractivity contribution in [2.75, 3.05) is 0 Å². The van der Waals surface area contributed by atoms with Crippen molar-refractivity contribution in [2.24, 2.45) is 4.99 Å². The Labute approximate surface area is 88.0 Å². The van der Waals surface area contributed by atoms with E-state index >= 15 is 0 Å². The number of halogens is 3. The predicted molar refractivity (Wildman–Crippen MR) is 55.5 cm³/mol. The Morgan fingerprint density at radius 3 is 2.85 bits per heavy atom. The van der Waals surface area contributed by atoms with Gasteiger partial charge in [-0.15, -0.1) is 0 Å². The van der Waals surface area contributed by atoms with Crippen molar-refractivity contribution in [2.45, 2.75) is 13.3 Å². The minimum absolute atomic E-state index is 0.0230. The summed E-state index contributed by atoms with van der Waals surface area (Å²) in [5.41, 5.74) is 1.78. The quantitative estimate of drug-likeness (QED) is 0.514. The summed E-state index contributed by atoms with van der Waals surface area (Å²) in [6.07, 6.45) is 0.556. The highest BCUT2D eigenvalue weighted by molar-refractivity contribution is 14.1. The summed E-state index contributed by atoms with van der Waals surface area (Å²) in [6.45, 7) is 1.81. The van der Waals surface area contributed by atoms with E-state index in [2.05, 4.69) is 4.99 Å². The third-order valence-electron chi connectivity index (χ3n) is 1.96. The second-order valence-electron chi connectivity index (χ2n) is 3.02. The molecule has 0 spiro atoms. The van der Waals surface area contributed by atoms with Crippen LogP contribution in [0.4, 0.5) is 14.5 Å². The minimum Gasteiger partial charge on any atom is -0.254 e. The zero-order chi connectivity index (χ0) is 9.59. The highest BCUT2D eigenvalue weighted by atomic mass is 127. The van der Waals surface area contributed by atoms with Crippen molar-refractivity contribution < 1.29 is 8.78 Å². The molecule has 2 rings (SSSR count). The number of fused-ring (bicyclic) bond motifs is 1. The first kappa shape index (κ1) is 9.05. The zero-order valence-electron chi connectivity index (χ0n) is 6.87. The lowest BCUT2D eigenvalue weighted by atomic mass is 10.1. The molecule has 1 aliphatic heterocycles. The molecule has 0 saturated heterocycles. The van der Waals surface area contributed by atoms with Gasteiger partial charge >= 0.3 is 0 Å². The van der Waals surface area contributed by atoms with Crippen LogP contribution < -0.4 is 0 Å². The van der Waals surface area contributed by atoms with Crippen LogP contribution in [0, 0.1) is 15.2 Å². The molecular formula is C9H6F2IN. The van der Waals surface area contributed by atoms with Crippen LogP contribution >= 0.6 is 22.6 Å². The Morgan fingerprint density at radius 1 is 1.46 bits per heavy atom. The third-order valence-corrected chi connectivity index (χ3v) is 2.95. The van der Waals surface area contributed by atoms with Crippen molar-refractivity contribution in [3.05, 3.63) is 26.8 Å². The topological polar surface area (TPSA) is 12.4 Å². The van der Waals surface area contributed by atoms with Gasteiger partial charge in [-0.2, -0.15) is 0 Å². The molecular weight excluding hydrogens is 287 g/mol. The molecule has 1 heterocycles. The number of nitrogens with zero attached hydrogens (tertiary/aromatic N) is 1. The van der Waals surface area contributed by atoms with Gasteiger partial charge in [0, 0.05) is 12.1 Å². The van der Waals surface area contributed by atoms with Crippen molar-refractivity contribution >= 4 is 34.0 Å². The van der Waals surface area contributed by atoms with Gasteiger partial charge in [0.15, 0.2) is 5.82 Å². The first-order chi connectivity index (χ1) is 6.09. The van der Waals surface area contributed by atoms with E-state index in [4.69, 9.17) is 0 Å². The van der Waals surface area contributed by atoms with Gasteiger partial charge in [-0.25, -0.2) is 8.78 Å². The molecule has 4 heteroatoms. The second-order valence-corrected chi connectivity index (χ2v) is 4.10. The van der Waals surface area contributed by atoms with Crippen LogP contribution in [-0.4, -0.2) is 5.71 Å². The lowest BCUT2D eigenvalue weighted by Crippen LogP contribution is -1.93. The van der Waals surface area contributed by atoms with Crippen LogP contribution in [0.2, 0.25) is 0 Å². The van der Waals surface area contributed by atoms with E-state index < -0.39 is 11.6 Å². The van der Waals surface area contributed by atoms with E-state index in [1.165, 1.54) is 6.07 Å². The molecule has 0 amide bonds. The van der Waals surface area contributed by atoms with Gasteiger partial charge in [-0.05, 0) is 41.1 Å². The number of benzene rings is 1. The predicted octanol–water partition coefficient (Wildman–Crippen LogP) is 3.22. The average Bonchev–Trinajstić information content (AvgIpc) is 2.42. The summed E-state index contributed by atoms with van der Waals surface area (Å²) in [5.74, 6) is -1.03. The van der Waals surface area contributed by atoms with Gasteiger partial charge in [0.1, 0.15) is 11.5 Å². The molecule has 0 N–H and O–H groups in total. The zero-order valence-corrected chi connectivity index (χ0v) is 9.02.